The summed E-state index contributed by atoms with van der Waals surface area (Å²) in [4.78, 5) is 0. The zero-order valence-corrected chi connectivity index (χ0v) is 10.9. The van der Waals surface area contributed by atoms with Crippen LogP contribution < -0.4 is 0 Å². The molecule has 0 aromatic rings. The quantitative estimate of drug-likeness (QED) is 0.690. The van der Waals surface area contributed by atoms with Crippen LogP contribution in [-0.2, 0) is 21.1 Å². The molecule has 3 unspecified atom stereocenters. The van der Waals surface area contributed by atoms with E-state index in [0.717, 1.165) is 18.8 Å². The number of hydrogen-bond donors (Lipinski definition) is 0. The van der Waals surface area contributed by atoms with Gasteiger partial charge in [-0.15, -0.1) is 0 Å². The topological polar surface area (TPSA) is 111 Å². The van der Waals surface area contributed by atoms with Crippen LogP contribution in [0.2, 0.25) is 0 Å². The molecule has 0 amide bonds. The van der Waals surface area contributed by atoms with Crippen LogP contribution in [0.5, 0.6) is 0 Å². The Morgan fingerprint density at radius 3 is 2.07 bits per heavy atom. The minimum absolute atomic E-state index is 0. The van der Waals surface area contributed by atoms with E-state index in [-0.39, 0.29) is 44.1 Å². The van der Waals surface area contributed by atoms with E-state index in [4.69, 9.17) is 11.5 Å². The molecule has 6 N–H and O–H groups in total. The van der Waals surface area contributed by atoms with Gasteiger partial charge in [0.1, 0.15) is 0 Å². The van der Waals surface area contributed by atoms with Gasteiger partial charge in [0.2, 0.25) is 0 Å². The minimum Gasteiger partial charge on any atom is -0.676 e. The third kappa shape index (κ3) is 6.09. The molecule has 0 aromatic heterocycles. The zero-order valence-electron chi connectivity index (χ0n) is 8.58. The fourth-order valence-electron chi connectivity index (χ4n) is 1.93. The average Bonchev–Trinajstić information content (AvgIpc) is 1.98. The van der Waals surface area contributed by atoms with Crippen LogP contribution in [0.15, 0.2) is 0 Å². The van der Waals surface area contributed by atoms with E-state index >= 15 is 0 Å². The molecule has 1 saturated carbocycles. The van der Waals surface area contributed by atoms with Gasteiger partial charge in [0.25, 0.3) is 0 Å². The molecular formula is C9H22N2O2Pt. The minimum atomic E-state index is -0.0969. The van der Waals surface area contributed by atoms with Crippen molar-refractivity contribution in [3.63, 3.8) is 0 Å². The summed E-state index contributed by atoms with van der Waals surface area (Å²) in [6.07, 6.45) is 5.63. The summed E-state index contributed by atoms with van der Waals surface area (Å²) in [5, 5.41) is 0. The molecule has 5 heteroatoms. The summed E-state index contributed by atoms with van der Waals surface area (Å²) in [7, 11) is 0. The summed E-state index contributed by atoms with van der Waals surface area (Å²) >= 11 is 0. The van der Waals surface area contributed by atoms with Crippen LogP contribution in [0, 0.1) is 5.92 Å². The normalized spacial score (nSPS) is 30.6. The second-order valence-electron chi connectivity index (χ2n) is 3.68. The number of nitrogens with one attached hydrogen (secondary N) is 2. The van der Waals surface area contributed by atoms with Gasteiger partial charge in [-0.1, -0.05) is 39.0 Å². The molecule has 0 aliphatic heterocycles. The van der Waals surface area contributed by atoms with Crippen molar-refractivity contribution in [3.8, 4) is 0 Å². The molecule has 0 radical (unpaired) electrons. The van der Waals surface area contributed by atoms with Crippen LogP contribution in [0.25, 0.3) is 11.5 Å². The van der Waals surface area contributed by atoms with Gasteiger partial charge in [-0.2, -0.15) is 12.1 Å². The van der Waals surface area contributed by atoms with Gasteiger partial charge in [-0.3, -0.25) is 0 Å². The summed E-state index contributed by atoms with van der Waals surface area (Å²) in [6.45, 7) is 2.20. The van der Waals surface area contributed by atoms with E-state index in [2.05, 4.69) is 6.92 Å². The second-order valence-corrected chi connectivity index (χ2v) is 3.68. The van der Waals surface area contributed by atoms with Crippen molar-refractivity contribution >= 4 is 0 Å². The van der Waals surface area contributed by atoms with Crippen molar-refractivity contribution in [1.29, 1.82) is 0 Å². The van der Waals surface area contributed by atoms with Crippen LogP contribution in [-0.4, -0.2) is 23.0 Å². The van der Waals surface area contributed by atoms with Crippen molar-refractivity contribution in [2.24, 2.45) is 5.92 Å². The molecule has 0 bridgehead atoms. The van der Waals surface area contributed by atoms with E-state index in [1.165, 1.54) is 19.3 Å². The van der Waals surface area contributed by atoms with Crippen LogP contribution in [0.4, 0.5) is 0 Å². The van der Waals surface area contributed by atoms with Gasteiger partial charge in [-0.25, -0.2) is 0 Å². The standard InChI is InChI=1S/C9H18N2.2H2O.Pt/c1-2-3-7-4-5-8(10)9(11)6-7;;;/h7-11H,2-6H2,1H3;2*1H2;/q-2;;;+2. The Morgan fingerprint density at radius 2 is 1.64 bits per heavy atom. The summed E-state index contributed by atoms with van der Waals surface area (Å²) in [6, 6.07) is -0.191. The zero-order chi connectivity index (χ0) is 8.27. The molecule has 0 heterocycles. The number of rotatable bonds is 2. The molecule has 90 valence electrons. The van der Waals surface area contributed by atoms with Crippen LogP contribution >= 0.6 is 0 Å². The molecule has 0 saturated heterocycles. The summed E-state index contributed by atoms with van der Waals surface area (Å²) in [5.74, 6) is 0.754. The van der Waals surface area contributed by atoms with E-state index in [9.17, 15) is 0 Å². The van der Waals surface area contributed by atoms with E-state index in [1.54, 1.807) is 0 Å². The SMILES string of the molecule is CCCC1CCC([NH-])C([NH-])C1.O.O.[Pt+2]. The van der Waals surface area contributed by atoms with Gasteiger partial charge >= 0.3 is 21.1 Å². The second kappa shape index (κ2) is 10.1. The van der Waals surface area contributed by atoms with Gasteiger partial charge in [0.15, 0.2) is 0 Å². The molecule has 4 nitrogen and oxygen atoms in total. The first kappa shape index (κ1) is 20.0. The van der Waals surface area contributed by atoms with Gasteiger partial charge in [0.05, 0.1) is 0 Å². The Bertz CT molecular complexity index is 127. The Balaban J connectivity index is -0.000000403. The van der Waals surface area contributed by atoms with E-state index < -0.39 is 0 Å². The van der Waals surface area contributed by atoms with Crippen LogP contribution in [0.3, 0.4) is 0 Å². The molecule has 14 heavy (non-hydrogen) atoms. The molecular weight excluding hydrogens is 363 g/mol. The molecule has 0 aromatic carbocycles. The smallest absolute Gasteiger partial charge is 0.676 e. The molecule has 1 aliphatic carbocycles. The Kier molecular flexibility index (Phi) is 14.4. The van der Waals surface area contributed by atoms with Crippen molar-refractivity contribution < 1.29 is 32.0 Å². The molecule has 1 fully saturated rings. The predicted octanol–water partition coefficient (Wildman–Crippen LogP) is 1.78. The van der Waals surface area contributed by atoms with Crippen molar-refractivity contribution in [3.05, 3.63) is 11.5 Å². The largest absolute Gasteiger partial charge is 2.00 e. The van der Waals surface area contributed by atoms with Crippen molar-refractivity contribution in [1.82, 2.24) is 0 Å². The molecule has 3 atom stereocenters. The van der Waals surface area contributed by atoms with E-state index in [0.29, 0.717) is 0 Å². The number of hydrogen-bond acceptors (Lipinski definition) is 0. The van der Waals surface area contributed by atoms with E-state index in [1.807, 2.05) is 0 Å². The summed E-state index contributed by atoms with van der Waals surface area (Å²) < 4.78 is 0. The van der Waals surface area contributed by atoms with Crippen molar-refractivity contribution in [2.75, 3.05) is 0 Å². The predicted molar refractivity (Wildman–Crippen MR) is 55.7 cm³/mol. The van der Waals surface area contributed by atoms with Gasteiger partial charge in [0, 0.05) is 0 Å². The summed E-state index contributed by atoms with van der Waals surface area (Å²) in [5.41, 5.74) is 15.1. The maximum absolute atomic E-state index is 7.60. The first-order chi connectivity index (χ1) is 5.24. The molecule has 1 aliphatic rings. The van der Waals surface area contributed by atoms with Crippen molar-refractivity contribution in [2.45, 2.75) is 51.1 Å². The van der Waals surface area contributed by atoms with Gasteiger partial charge in [-0.05, 0) is 5.92 Å². The maximum Gasteiger partial charge on any atom is 2.00 e. The Morgan fingerprint density at radius 1 is 1.07 bits per heavy atom. The first-order valence-corrected chi connectivity index (χ1v) is 4.66. The van der Waals surface area contributed by atoms with Gasteiger partial charge < -0.3 is 22.4 Å². The third-order valence-corrected chi connectivity index (χ3v) is 2.66. The Hall–Kier alpha value is 0.528. The van der Waals surface area contributed by atoms with Crippen LogP contribution in [0.1, 0.15) is 39.0 Å². The third-order valence-electron chi connectivity index (χ3n) is 2.66. The maximum atomic E-state index is 7.60. The average molecular weight is 385 g/mol. The Labute approximate surface area is 101 Å². The fraction of sp³-hybridized carbons (Fsp3) is 1.00. The molecule has 0 spiro atoms. The monoisotopic (exact) mass is 385 g/mol. The first-order valence-electron chi connectivity index (χ1n) is 4.66. The molecule has 1 rings (SSSR count). The fourth-order valence-corrected chi connectivity index (χ4v) is 1.93.